The van der Waals surface area contributed by atoms with Crippen LogP contribution in [0.5, 0.6) is 0 Å². The van der Waals surface area contributed by atoms with E-state index in [2.05, 4.69) is 14.9 Å². The Morgan fingerprint density at radius 1 is 1.32 bits per heavy atom. The molecule has 0 bridgehead atoms. The zero-order valence-electron chi connectivity index (χ0n) is 12.8. The van der Waals surface area contributed by atoms with Crippen molar-refractivity contribution in [3.8, 4) is 0 Å². The Morgan fingerprint density at radius 3 is 2.50 bits per heavy atom. The maximum Gasteiger partial charge on any atom is 0.240 e. The molecule has 1 amide bonds. The minimum absolute atomic E-state index is 0.0639. The largest absolute Gasteiger partial charge is 0.324 e. The first kappa shape index (κ1) is 16.9. The van der Waals surface area contributed by atoms with Crippen molar-refractivity contribution in [2.45, 2.75) is 36.7 Å². The second kappa shape index (κ2) is 6.31. The van der Waals surface area contributed by atoms with Gasteiger partial charge in [-0.05, 0) is 45.1 Å². The molecule has 1 saturated carbocycles. The average molecular weight is 329 g/mol. The second-order valence-electron chi connectivity index (χ2n) is 5.73. The highest BCUT2D eigenvalue weighted by Gasteiger charge is 2.33. The lowest BCUT2D eigenvalue weighted by Crippen LogP contribution is -2.51. The van der Waals surface area contributed by atoms with Gasteiger partial charge in [0.15, 0.2) is 0 Å². The van der Waals surface area contributed by atoms with Gasteiger partial charge in [-0.3, -0.25) is 4.79 Å². The molecule has 0 radical (unpaired) electrons. The predicted molar refractivity (Wildman–Crippen MR) is 81.5 cm³/mol. The third-order valence-corrected chi connectivity index (χ3v) is 5.24. The SMILES string of the molecule is CC(=O)Nc1cc(S(=O)(=O)NC2CC(N(C)C)C2)ccc1F. The highest BCUT2D eigenvalue weighted by Crippen LogP contribution is 2.26. The Bertz CT molecular complexity index is 670. The molecule has 22 heavy (non-hydrogen) atoms. The molecule has 8 heteroatoms. The lowest BCUT2D eigenvalue weighted by Gasteiger charge is -2.39. The van der Waals surface area contributed by atoms with E-state index >= 15 is 0 Å². The number of sulfonamides is 1. The fraction of sp³-hybridized carbons (Fsp3) is 0.500. The molecule has 1 aliphatic rings. The van der Waals surface area contributed by atoms with Crippen molar-refractivity contribution >= 4 is 21.6 Å². The number of amides is 1. The molecule has 1 aliphatic carbocycles. The van der Waals surface area contributed by atoms with Crippen molar-refractivity contribution in [3.63, 3.8) is 0 Å². The standard InChI is InChI=1S/C14H20FN3O3S/c1-9(19)16-14-8-12(4-5-13(14)15)22(20,21)17-10-6-11(7-10)18(2)3/h4-5,8,10-11,17H,6-7H2,1-3H3,(H,16,19). The molecule has 0 saturated heterocycles. The Hall–Kier alpha value is -1.51. The molecule has 6 nitrogen and oxygen atoms in total. The zero-order valence-corrected chi connectivity index (χ0v) is 13.6. The fourth-order valence-corrected chi connectivity index (χ4v) is 3.64. The van der Waals surface area contributed by atoms with Crippen LogP contribution in [0.4, 0.5) is 10.1 Å². The van der Waals surface area contributed by atoms with Gasteiger partial charge >= 0.3 is 0 Å². The number of carbonyl (C=O) groups is 1. The topological polar surface area (TPSA) is 78.5 Å². The molecule has 2 N–H and O–H groups in total. The van der Waals surface area contributed by atoms with Gasteiger partial charge in [0.2, 0.25) is 15.9 Å². The molecule has 1 aromatic rings. The van der Waals surface area contributed by atoms with Crippen LogP contribution in [0, 0.1) is 5.82 Å². The Labute approximate surface area is 129 Å². The van der Waals surface area contributed by atoms with Gasteiger partial charge in [0.05, 0.1) is 10.6 Å². The fourth-order valence-electron chi connectivity index (χ4n) is 2.35. The lowest BCUT2D eigenvalue weighted by molar-refractivity contribution is -0.114. The monoisotopic (exact) mass is 329 g/mol. The van der Waals surface area contributed by atoms with Gasteiger partial charge < -0.3 is 10.2 Å². The van der Waals surface area contributed by atoms with Crippen molar-refractivity contribution in [1.29, 1.82) is 0 Å². The summed E-state index contributed by atoms with van der Waals surface area (Å²) < 4.78 is 40.8. The first-order chi connectivity index (χ1) is 10.2. The van der Waals surface area contributed by atoms with Crippen LogP contribution in [0.2, 0.25) is 0 Å². The van der Waals surface area contributed by atoms with Crippen LogP contribution in [0.25, 0.3) is 0 Å². The van der Waals surface area contributed by atoms with Crippen LogP contribution in [0.15, 0.2) is 23.1 Å². The van der Waals surface area contributed by atoms with Crippen LogP contribution >= 0.6 is 0 Å². The summed E-state index contributed by atoms with van der Waals surface area (Å²) in [5, 5.41) is 2.28. The summed E-state index contributed by atoms with van der Waals surface area (Å²) in [4.78, 5) is 13.0. The smallest absolute Gasteiger partial charge is 0.240 e. The van der Waals surface area contributed by atoms with Gasteiger partial charge in [0.25, 0.3) is 0 Å². The van der Waals surface area contributed by atoms with Crippen molar-refractivity contribution in [3.05, 3.63) is 24.0 Å². The van der Waals surface area contributed by atoms with E-state index < -0.39 is 21.7 Å². The number of carbonyl (C=O) groups excluding carboxylic acids is 1. The molecule has 122 valence electrons. The van der Waals surface area contributed by atoms with Crippen molar-refractivity contribution in [2.24, 2.45) is 0 Å². The number of halogens is 1. The summed E-state index contributed by atoms with van der Waals surface area (Å²) in [5.41, 5.74) is -0.143. The molecule has 0 aliphatic heterocycles. The van der Waals surface area contributed by atoms with Crippen molar-refractivity contribution in [2.75, 3.05) is 19.4 Å². The van der Waals surface area contributed by atoms with Gasteiger partial charge in [-0.25, -0.2) is 17.5 Å². The van der Waals surface area contributed by atoms with Gasteiger partial charge in [-0.15, -0.1) is 0 Å². The molecule has 1 aromatic carbocycles. The first-order valence-electron chi connectivity index (χ1n) is 6.95. The van der Waals surface area contributed by atoms with Crippen molar-refractivity contribution in [1.82, 2.24) is 9.62 Å². The Balaban J connectivity index is 2.11. The normalized spacial score (nSPS) is 21.5. The summed E-state index contributed by atoms with van der Waals surface area (Å²) in [7, 11) is 0.176. The molecular weight excluding hydrogens is 309 g/mol. The van der Waals surface area contributed by atoms with E-state index in [-0.39, 0.29) is 16.6 Å². The van der Waals surface area contributed by atoms with Crippen LogP contribution in [-0.2, 0) is 14.8 Å². The predicted octanol–water partition coefficient (Wildman–Crippen LogP) is 1.15. The summed E-state index contributed by atoms with van der Waals surface area (Å²) in [5.74, 6) is -1.14. The maximum atomic E-state index is 13.6. The summed E-state index contributed by atoms with van der Waals surface area (Å²) in [6.45, 7) is 1.23. The van der Waals surface area contributed by atoms with E-state index in [1.54, 1.807) is 0 Å². The molecule has 2 rings (SSSR count). The number of benzene rings is 1. The number of nitrogens with one attached hydrogen (secondary N) is 2. The average Bonchev–Trinajstić information content (AvgIpc) is 2.34. The highest BCUT2D eigenvalue weighted by molar-refractivity contribution is 7.89. The number of nitrogens with zero attached hydrogens (tertiary/aromatic N) is 1. The summed E-state index contributed by atoms with van der Waals surface area (Å²) >= 11 is 0. The molecule has 0 aromatic heterocycles. The lowest BCUT2D eigenvalue weighted by atomic mass is 9.87. The molecular formula is C14H20FN3O3S. The number of anilines is 1. The van der Waals surface area contributed by atoms with Crippen molar-refractivity contribution < 1.29 is 17.6 Å². The first-order valence-corrected chi connectivity index (χ1v) is 8.43. The summed E-state index contributed by atoms with van der Waals surface area (Å²) in [6.07, 6.45) is 1.48. The van der Waals surface area contributed by atoms with E-state index in [4.69, 9.17) is 0 Å². The number of hydrogen-bond acceptors (Lipinski definition) is 4. The van der Waals surface area contributed by atoms with E-state index in [1.165, 1.54) is 13.0 Å². The van der Waals surface area contributed by atoms with Crippen LogP contribution < -0.4 is 10.0 Å². The van der Waals surface area contributed by atoms with Gasteiger partial charge in [0.1, 0.15) is 5.82 Å². The maximum absolute atomic E-state index is 13.6. The molecule has 1 fully saturated rings. The molecule has 0 unspecified atom stereocenters. The van der Waals surface area contributed by atoms with Gasteiger partial charge in [-0.2, -0.15) is 0 Å². The number of rotatable bonds is 5. The van der Waals surface area contributed by atoms with Crippen LogP contribution in [-0.4, -0.2) is 45.4 Å². The van der Waals surface area contributed by atoms with E-state index in [0.717, 1.165) is 25.0 Å². The quantitative estimate of drug-likeness (QED) is 0.849. The summed E-state index contributed by atoms with van der Waals surface area (Å²) in [6, 6.07) is 3.60. The Morgan fingerprint density at radius 2 is 1.95 bits per heavy atom. The van der Waals surface area contributed by atoms with E-state index in [1.807, 2.05) is 14.1 Å². The van der Waals surface area contributed by atoms with E-state index in [9.17, 15) is 17.6 Å². The third kappa shape index (κ3) is 3.82. The molecule has 0 atom stereocenters. The third-order valence-electron chi connectivity index (χ3n) is 3.72. The van der Waals surface area contributed by atoms with Crippen LogP contribution in [0.1, 0.15) is 19.8 Å². The van der Waals surface area contributed by atoms with E-state index in [0.29, 0.717) is 6.04 Å². The van der Waals surface area contributed by atoms with Gasteiger partial charge in [-0.1, -0.05) is 0 Å². The minimum Gasteiger partial charge on any atom is -0.324 e. The second-order valence-corrected chi connectivity index (χ2v) is 7.44. The highest BCUT2D eigenvalue weighted by atomic mass is 32.2. The minimum atomic E-state index is -3.73. The Kier molecular flexibility index (Phi) is 4.84. The zero-order chi connectivity index (χ0) is 16.5. The molecule has 0 heterocycles. The van der Waals surface area contributed by atoms with Crippen LogP contribution in [0.3, 0.4) is 0 Å². The molecule has 0 spiro atoms. The van der Waals surface area contributed by atoms with Gasteiger partial charge in [0, 0.05) is 19.0 Å². The number of hydrogen-bond donors (Lipinski definition) is 2.